The smallest absolute Gasteiger partial charge is 0.335 e. The lowest BCUT2D eigenvalue weighted by molar-refractivity contribution is -0.139. The molecular weight excluding hydrogens is 238 g/mol. The number of carbonyl (C=O) groups is 2. The minimum absolute atomic E-state index is 0.190. The maximum absolute atomic E-state index is 10.7. The van der Waals surface area contributed by atoms with E-state index in [0.29, 0.717) is 18.7 Å². The largest absolute Gasteiger partial charge is 0.489 e. The van der Waals surface area contributed by atoms with Crippen LogP contribution in [0.15, 0.2) is 24.3 Å². The monoisotopic (exact) mass is 251 g/mol. The quantitative estimate of drug-likeness (QED) is 0.724. The molecule has 1 aromatic rings. The molecule has 0 spiro atoms. The lowest BCUT2D eigenvalue weighted by atomic mass is 10.2. The van der Waals surface area contributed by atoms with Gasteiger partial charge in [0, 0.05) is 13.0 Å². The fourth-order valence-corrected chi connectivity index (χ4v) is 1.85. The van der Waals surface area contributed by atoms with E-state index in [1.165, 1.54) is 12.1 Å². The Kier molecular flexibility index (Phi) is 3.47. The average Bonchev–Trinajstić information content (AvgIpc) is 2.78. The Morgan fingerprint density at radius 2 is 1.89 bits per heavy atom. The van der Waals surface area contributed by atoms with Crippen molar-refractivity contribution in [1.29, 1.82) is 0 Å². The summed E-state index contributed by atoms with van der Waals surface area (Å²) in [6.07, 6.45) is 0.192. The standard InChI is InChI=1S/C12H13NO5/c14-11(15)7-1-3-8(4-2-7)18-9-5-10(12(16)17)13-6-9/h1-4,9-10,13H,5-6H2,(H,14,15)(H,16,17). The first kappa shape index (κ1) is 12.4. The summed E-state index contributed by atoms with van der Waals surface area (Å²) in [7, 11) is 0. The predicted molar refractivity (Wildman–Crippen MR) is 61.9 cm³/mol. The highest BCUT2D eigenvalue weighted by molar-refractivity contribution is 5.87. The van der Waals surface area contributed by atoms with Gasteiger partial charge >= 0.3 is 11.9 Å². The second-order valence-corrected chi connectivity index (χ2v) is 4.10. The number of carboxylic acid groups (broad SMARTS) is 2. The van der Waals surface area contributed by atoms with E-state index in [1.54, 1.807) is 12.1 Å². The van der Waals surface area contributed by atoms with Crippen LogP contribution in [0.1, 0.15) is 16.8 Å². The van der Waals surface area contributed by atoms with Gasteiger partial charge in [-0.15, -0.1) is 0 Å². The number of aromatic carboxylic acids is 1. The molecule has 0 saturated carbocycles. The van der Waals surface area contributed by atoms with E-state index in [0.717, 1.165) is 0 Å². The maximum Gasteiger partial charge on any atom is 0.335 e. The van der Waals surface area contributed by atoms with E-state index in [9.17, 15) is 9.59 Å². The highest BCUT2D eigenvalue weighted by atomic mass is 16.5. The van der Waals surface area contributed by atoms with Gasteiger partial charge in [0.15, 0.2) is 0 Å². The van der Waals surface area contributed by atoms with Crippen molar-refractivity contribution in [2.75, 3.05) is 6.54 Å². The SMILES string of the molecule is O=C(O)c1ccc(OC2CNC(C(=O)O)C2)cc1. The van der Waals surface area contributed by atoms with Gasteiger partial charge in [0.2, 0.25) is 0 Å². The molecule has 1 aromatic carbocycles. The zero-order valence-electron chi connectivity index (χ0n) is 9.50. The van der Waals surface area contributed by atoms with Crippen LogP contribution in [0.3, 0.4) is 0 Å². The molecule has 0 radical (unpaired) electrons. The van der Waals surface area contributed by atoms with Crippen LogP contribution in [0.5, 0.6) is 5.75 Å². The zero-order valence-corrected chi connectivity index (χ0v) is 9.50. The van der Waals surface area contributed by atoms with Crippen molar-refractivity contribution in [3.8, 4) is 5.75 Å². The van der Waals surface area contributed by atoms with Gasteiger partial charge in [-0.2, -0.15) is 0 Å². The van der Waals surface area contributed by atoms with Crippen molar-refractivity contribution in [3.05, 3.63) is 29.8 Å². The molecule has 0 aromatic heterocycles. The number of carboxylic acids is 2. The summed E-state index contributed by atoms with van der Waals surface area (Å²) < 4.78 is 5.57. The van der Waals surface area contributed by atoms with Gasteiger partial charge in [-0.05, 0) is 24.3 Å². The summed E-state index contributed by atoms with van der Waals surface area (Å²) in [4.78, 5) is 21.4. The molecule has 1 heterocycles. The van der Waals surface area contributed by atoms with E-state index in [-0.39, 0.29) is 11.7 Å². The second-order valence-electron chi connectivity index (χ2n) is 4.10. The molecule has 1 saturated heterocycles. The minimum Gasteiger partial charge on any atom is -0.489 e. The summed E-state index contributed by atoms with van der Waals surface area (Å²) in [5.41, 5.74) is 0.190. The van der Waals surface area contributed by atoms with Gasteiger partial charge in [0.25, 0.3) is 0 Å². The van der Waals surface area contributed by atoms with E-state index in [4.69, 9.17) is 14.9 Å². The number of nitrogens with one attached hydrogen (secondary N) is 1. The second kappa shape index (κ2) is 5.05. The lowest BCUT2D eigenvalue weighted by Gasteiger charge is -2.12. The third kappa shape index (κ3) is 2.78. The average molecular weight is 251 g/mol. The number of hydrogen-bond donors (Lipinski definition) is 3. The summed E-state index contributed by atoms with van der Waals surface area (Å²) in [6, 6.07) is 5.46. The van der Waals surface area contributed by atoms with Crippen LogP contribution in [0, 0.1) is 0 Å². The van der Waals surface area contributed by atoms with Gasteiger partial charge in [-0.1, -0.05) is 0 Å². The van der Waals surface area contributed by atoms with Crippen LogP contribution in [0.4, 0.5) is 0 Å². The van der Waals surface area contributed by atoms with Crippen molar-refractivity contribution in [2.45, 2.75) is 18.6 Å². The van der Waals surface area contributed by atoms with Gasteiger partial charge in [-0.3, -0.25) is 4.79 Å². The summed E-state index contributed by atoms with van der Waals surface area (Å²) in [5, 5.41) is 20.4. The predicted octanol–water partition coefficient (Wildman–Crippen LogP) is 0.579. The molecule has 96 valence electrons. The zero-order chi connectivity index (χ0) is 13.1. The van der Waals surface area contributed by atoms with Crippen LogP contribution in [-0.4, -0.2) is 40.8 Å². The summed E-state index contributed by atoms with van der Waals surface area (Å²) in [6.45, 7) is 0.470. The topological polar surface area (TPSA) is 95.9 Å². The number of ether oxygens (including phenoxy) is 1. The van der Waals surface area contributed by atoms with E-state index >= 15 is 0 Å². The number of hydrogen-bond acceptors (Lipinski definition) is 4. The third-order valence-electron chi connectivity index (χ3n) is 2.79. The first-order chi connectivity index (χ1) is 8.56. The molecule has 18 heavy (non-hydrogen) atoms. The number of rotatable bonds is 4. The highest BCUT2D eigenvalue weighted by Crippen LogP contribution is 2.18. The fourth-order valence-electron chi connectivity index (χ4n) is 1.85. The van der Waals surface area contributed by atoms with Crippen molar-refractivity contribution < 1.29 is 24.5 Å². The van der Waals surface area contributed by atoms with Crippen molar-refractivity contribution in [2.24, 2.45) is 0 Å². The normalized spacial score (nSPS) is 22.7. The highest BCUT2D eigenvalue weighted by Gasteiger charge is 2.30. The summed E-state index contributed by atoms with van der Waals surface area (Å²) in [5.74, 6) is -1.34. The molecule has 2 unspecified atom stereocenters. The minimum atomic E-state index is -0.991. The lowest BCUT2D eigenvalue weighted by Crippen LogP contribution is -2.30. The van der Waals surface area contributed by atoms with Crippen molar-refractivity contribution >= 4 is 11.9 Å². The number of aliphatic carboxylic acids is 1. The fraction of sp³-hybridized carbons (Fsp3) is 0.333. The molecule has 6 heteroatoms. The first-order valence-corrected chi connectivity index (χ1v) is 5.52. The molecule has 0 amide bonds. The molecule has 0 aliphatic carbocycles. The van der Waals surface area contributed by atoms with Gasteiger partial charge < -0.3 is 20.3 Å². The van der Waals surface area contributed by atoms with Gasteiger partial charge in [0.05, 0.1) is 5.56 Å². The molecule has 2 atom stereocenters. The molecule has 1 aliphatic rings. The molecular formula is C12H13NO5. The third-order valence-corrected chi connectivity index (χ3v) is 2.79. The molecule has 0 bridgehead atoms. The maximum atomic E-state index is 10.7. The van der Waals surface area contributed by atoms with Crippen LogP contribution >= 0.6 is 0 Å². The van der Waals surface area contributed by atoms with Crippen molar-refractivity contribution in [1.82, 2.24) is 5.32 Å². The van der Waals surface area contributed by atoms with Gasteiger partial charge in [-0.25, -0.2) is 4.79 Å². The van der Waals surface area contributed by atoms with E-state index in [2.05, 4.69) is 5.32 Å². The molecule has 6 nitrogen and oxygen atoms in total. The Morgan fingerprint density at radius 3 is 2.39 bits per heavy atom. The van der Waals surface area contributed by atoms with Crippen LogP contribution in [0.25, 0.3) is 0 Å². The molecule has 2 rings (SSSR count). The Balaban J connectivity index is 1.94. The Labute approximate surface area is 103 Å². The van der Waals surface area contributed by atoms with E-state index in [1.807, 2.05) is 0 Å². The first-order valence-electron chi connectivity index (χ1n) is 5.52. The molecule has 3 N–H and O–H groups in total. The molecule has 1 aliphatic heterocycles. The summed E-state index contributed by atoms with van der Waals surface area (Å²) >= 11 is 0. The van der Waals surface area contributed by atoms with Gasteiger partial charge in [0.1, 0.15) is 17.9 Å². The van der Waals surface area contributed by atoms with Crippen LogP contribution in [0.2, 0.25) is 0 Å². The Bertz CT molecular complexity index is 456. The van der Waals surface area contributed by atoms with Crippen LogP contribution < -0.4 is 10.1 Å². The number of benzene rings is 1. The molecule has 1 fully saturated rings. The van der Waals surface area contributed by atoms with Crippen molar-refractivity contribution in [3.63, 3.8) is 0 Å². The van der Waals surface area contributed by atoms with Crippen LogP contribution in [-0.2, 0) is 4.79 Å². The Hall–Kier alpha value is -2.08. The van der Waals surface area contributed by atoms with E-state index < -0.39 is 18.0 Å². The Morgan fingerprint density at radius 1 is 1.22 bits per heavy atom.